The van der Waals surface area contributed by atoms with Crippen LogP contribution in [0, 0.1) is 0 Å². The fourth-order valence-corrected chi connectivity index (χ4v) is 13.2. The Bertz CT molecular complexity index is 3130. The second kappa shape index (κ2) is 12.2. The first-order chi connectivity index (χ1) is 28.8. The second-order valence-electron chi connectivity index (χ2n) is 20.8. The van der Waals surface area contributed by atoms with Gasteiger partial charge in [-0.2, -0.15) is 0 Å². The highest BCUT2D eigenvalue weighted by Crippen LogP contribution is 2.64. The Morgan fingerprint density at radius 2 is 1.28 bits per heavy atom. The summed E-state index contributed by atoms with van der Waals surface area (Å²) in [4.78, 5) is 5.69. The molecule has 1 fully saturated rings. The lowest BCUT2D eigenvalue weighted by Gasteiger charge is -2.55. The lowest BCUT2D eigenvalue weighted by molar-refractivity contribution is 0.199. The Morgan fingerprint density at radius 1 is 0.583 bits per heavy atom. The van der Waals surface area contributed by atoms with Crippen LogP contribution in [-0.2, 0) is 16.2 Å². The third-order valence-electron chi connectivity index (χ3n) is 15.5. The average Bonchev–Trinajstić information content (AvgIpc) is 3.70. The van der Waals surface area contributed by atoms with E-state index in [0.29, 0.717) is 0 Å². The molecule has 4 aliphatic rings. The van der Waals surface area contributed by atoms with Gasteiger partial charge < -0.3 is 9.71 Å². The van der Waals surface area contributed by atoms with Gasteiger partial charge in [-0.1, -0.05) is 146 Å². The predicted octanol–water partition coefficient (Wildman–Crippen LogP) is 14.4. The lowest BCUT2D eigenvalue weighted by atomic mass is 9.42. The maximum atomic E-state index is 3.00. The van der Waals surface area contributed by atoms with Gasteiger partial charge in [0.1, 0.15) is 0 Å². The van der Waals surface area contributed by atoms with Gasteiger partial charge >= 0.3 is 6.85 Å². The molecule has 4 heteroatoms. The summed E-state index contributed by atoms with van der Waals surface area (Å²) >= 11 is 1.95. The van der Waals surface area contributed by atoms with Crippen molar-refractivity contribution in [3.05, 3.63) is 144 Å². The van der Waals surface area contributed by atoms with E-state index in [1.807, 2.05) is 11.3 Å². The number of nitrogens with zero attached hydrogens (tertiary/aromatic N) is 2. The molecule has 0 spiro atoms. The first kappa shape index (κ1) is 36.5. The number of benzene rings is 7. The second-order valence-corrected chi connectivity index (χ2v) is 21.9. The molecule has 0 N–H and O–H groups in total. The number of anilines is 4. The third-order valence-corrected chi connectivity index (χ3v) is 16.6. The van der Waals surface area contributed by atoms with Crippen molar-refractivity contribution in [1.29, 1.82) is 0 Å². The van der Waals surface area contributed by atoms with Crippen molar-refractivity contribution in [2.75, 3.05) is 9.71 Å². The van der Waals surface area contributed by atoms with E-state index >= 15 is 0 Å². The van der Waals surface area contributed by atoms with E-state index < -0.39 is 0 Å². The molecule has 0 radical (unpaired) electrons. The van der Waals surface area contributed by atoms with Crippen molar-refractivity contribution in [2.45, 2.75) is 103 Å². The maximum Gasteiger partial charge on any atom is 0.329 e. The van der Waals surface area contributed by atoms with Gasteiger partial charge in [-0.25, -0.2) is 0 Å². The zero-order valence-electron chi connectivity index (χ0n) is 36.3. The van der Waals surface area contributed by atoms with Crippen LogP contribution in [0.15, 0.2) is 127 Å². The molecule has 8 aromatic rings. The molecule has 1 aliphatic carbocycles. The van der Waals surface area contributed by atoms with E-state index in [1.54, 1.807) is 5.56 Å². The summed E-state index contributed by atoms with van der Waals surface area (Å²) < 4.78 is 2.72. The SMILES string of the molecule is CC(C)(C)c1ccc(N2c3cc4c(cc3B3c5c2cc2ccccc2c5-c2cc(C(C)(C)C)cc5c2N3C2(C)CCCCC52C)sc2ccccc24)c(-c2ccccc2)c1. The first-order valence-corrected chi connectivity index (χ1v) is 23.1. The van der Waals surface area contributed by atoms with E-state index in [1.165, 1.54) is 124 Å². The summed E-state index contributed by atoms with van der Waals surface area (Å²) in [5, 5.41) is 5.34. The summed E-state index contributed by atoms with van der Waals surface area (Å²) in [5.74, 6) is 0. The highest BCUT2D eigenvalue weighted by atomic mass is 32.1. The average molecular weight is 797 g/mol. The van der Waals surface area contributed by atoms with Crippen molar-refractivity contribution in [2.24, 2.45) is 0 Å². The minimum atomic E-state index is -0.0533. The van der Waals surface area contributed by atoms with Gasteiger partial charge in [0.25, 0.3) is 0 Å². The molecule has 296 valence electrons. The van der Waals surface area contributed by atoms with Crippen LogP contribution in [0.3, 0.4) is 0 Å². The Kier molecular flexibility index (Phi) is 7.41. The van der Waals surface area contributed by atoms with Crippen LogP contribution in [0.2, 0.25) is 0 Å². The van der Waals surface area contributed by atoms with Crippen LogP contribution in [0.1, 0.15) is 97.8 Å². The molecule has 0 amide bonds. The van der Waals surface area contributed by atoms with E-state index in [4.69, 9.17) is 0 Å². The fraction of sp³-hybridized carbons (Fsp3) is 0.286. The normalized spacial score (nSPS) is 20.4. The summed E-state index contributed by atoms with van der Waals surface area (Å²) in [5.41, 5.74) is 17.9. The van der Waals surface area contributed by atoms with Crippen LogP contribution < -0.4 is 20.6 Å². The first-order valence-electron chi connectivity index (χ1n) is 22.3. The lowest BCUT2D eigenvalue weighted by Crippen LogP contribution is -2.70. The van der Waals surface area contributed by atoms with Crippen molar-refractivity contribution in [3.8, 4) is 22.3 Å². The number of rotatable bonds is 2. The standard InChI is InChI=1S/C56H53BN2S/c1-53(2,3)36-24-25-45(40(29-36)34-18-10-9-11-19-34)58-46-32-41-39-22-14-15-23-48(39)60-49(41)33-44(46)57-51-47(58)28-35-20-12-13-21-38(35)50(51)42-30-37(54(4,5)6)31-43-52(42)59(57)56(8)27-17-16-26-55(43,56)7/h9-15,18-25,28-33H,16-17,26-27H2,1-8H3. The van der Waals surface area contributed by atoms with E-state index in [0.717, 1.165) is 0 Å². The highest BCUT2D eigenvalue weighted by molar-refractivity contribution is 7.26. The Labute approximate surface area is 360 Å². The van der Waals surface area contributed by atoms with Gasteiger partial charge in [0.2, 0.25) is 0 Å². The molecule has 3 aliphatic heterocycles. The quantitative estimate of drug-likeness (QED) is 0.161. The van der Waals surface area contributed by atoms with Crippen molar-refractivity contribution >= 4 is 82.8 Å². The van der Waals surface area contributed by atoms with Crippen LogP contribution >= 0.6 is 11.3 Å². The summed E-state index contributed by atoms with van der Waals surface area (Å²) in [6.45, 7) is 19.6. The van der Waals surface area contributed by atoms with E-state index in [-0.39, 0.29) is 28.6 Å². The van der Waals surface area contributed by atoms with Crippen molar-refractivity contribution < 1.29 is 0 Å². The molecule has 1 aromatic heterocycles. The summed E-state index contributed by atoms with van der Waals surface area (Å²) in [7, 11) is 0. The minimum Gasteiger partial charge on any atom is -0.400 e. The molecule has 7 aromatic carbocycles. The third kappa shape index (κ3) is 4.77. The van der Waals surface area contributed by atoms with Crippen LogP contribution in [0.5, 0.6) is 0 Å². The maximum absolute atomic E-state index is 3.00. The molecule has 1 saturated carbocycles. The van der Waals surface area contributed by atoms with Crippen LogP contribution in [0.4, 0.5) is 22.7 Å². The highest BCUT2D eigenvalue weighted by Gasteiger charge is 2.63. The fourth-order valence-electron chi connectivity index (χ4n) is 12.1. The number of fused-ring (bicyclic) bond motifs is 12. The summed E-state index contributed by atoms with van der Waals surface area (Å²) in [6, 6.07) is 49.7. The number of hydrogen-bond donors (Lipinski definition) is 0. The zero-order valence-corrected chi connectivity index (χ0v) is 37.1. The molecule has 0 saturated heterocycles. The smallest absolute Gasteiger partial charge is 0.329 e. The zero-order chi connectivity index (χ0) is 41.1. The molecule has 2 unspecified atom stereocenters. The minimum absolute atomic E-state index is 0.000849. The monoisotopic (exact) mass is 796 g/mol. The largest absolute Gasteiger partial charge is 0.400 e. The molecular formula is C56H53BN2S. The van der Waals surface area contributed by atoms with E-state index in [2.05, 4.69) is 192 Å². The molecular weight excluding hydrogens is 744 g/mol. The molecule has 2 nitrogen and oxygen atoms in total. The van der Waals surface area contributed by atoms with Gasteiger partial charge in [-0.05, 0) is 123 Å². The molecule has 0 bridgehead atoms. The van der Waals surface area contributed by atoms with Crippen LogP contribution in [-0.4, -0.2) is 12.4 Å². The van der Waals surface area contributed by atoms with Crippen LogP contribution in [0.25, 0.3) is 53.2 Å². The molecule has 60 heavy (non-hydrogen) atoms. The van der Waals surface area contributed by atoms with Gasteiger partial charge in [-0.15, -0.1) is 11.3 Å². The molecule has 4 heterocycles. The van der Waals surface area contributed by atoms with Gasteiger partial charge in [0, 0.05) is 59.3 Å². The van der Waals surface area contributed by atoms with Gasteiger partial charge in [0.05, 0.1) is 5.69 Å². The predicted molar refractivity (Wildman–Crippen MR) is 262 cm³/mol. The molecule has 12 rings (SSSR count). The molecule has 2 atom stereocenters. The van der Waals surface area contributed by atoms with Crippen molar-refractivity contribution in [1.82, 2.24) is 0 Å². The topological polar surface area (TPSA) is 6.48 Å². The van der Waals surface area contributed by atoms with Crippen molar-refractivity contribution in [3.63, 3.8) is 0 Å². The Morgan fingerprint density at radius 3 is 2.07 bits per heavy atom. The number of thiophene rings is 1. The van der Waals surface area contributed by atoms with Gasteiger partial charge in [-0.3, -0.25) is 0 Å². The number of hydrogen-bond acceptors (Lipinski definition) is 3. The summed E-state index contributed by atoms with van der Waals surface area (Å²) in [6.07, 6.45) is 4.94. The van der Waals surface area contributed by atoms with E-state index in [9.17, 15) is 0 Å². The van der Waals surface area contributed by atoms with Gasteiger partial charge in [0.15, 0.2) is 0 Å². The Hall–Kier alpha value is -5.32. The Balaban J connectivity index is 1.27.